The Morgan fingerprint density at radius 3 is 2.94 bits per heavy atom. The summed E-state index contributed by atoms with van der Waals surface area (Å²) in [7, 11) is 0. The lowest BCUT2D eigenvalue weighted by Gasteiger charge is -2.32. The second-order valence-electron chi connectivity index (χ2n) is 5.16. The average Bonchev–Trinajstić information content (AvgIpc) is 3.06. The first-order valence-electron chi connectivity index (χ1n) is 6.97. The van der Waals surface area contributed by atoms with Gasteiger partial charge in [-0.05, 0) is 31.4 Å². The highest BCUT2D eigenvalue weighted by atomic mass is 32.2. The summed E-state index contributed by atoms with van der Waals surface area (Å²) in [5.74, 6) is 2.32. The van der Waals surface area contributed by atoms with E-state index < -0.39 is 0 Å². The molecule has 0 saturated carbocycles. The Morgan fingerprint density at radius 1 is 1.56 bits per heavy atom. The van der Waals surface area contributed by atoms with Crippen LogP contribution in [0.25, 0.3) is 0 Å². The molecule has 0 aromatic rings. The molecule has 0 spiro atoms. The number of carbonyl (C=O) groups excluding carboxylic acids is 1. The van der Waals surface area contributed by atoms with Gasteiger partial charge in [0.15, 0.2) is 0 Å². The van der Waals surface area contributed by atoms with Crippen molar-refractivity contribution in [1.82, 2.24) is 4.90 Å². The molecule has 104 valence electrons. The molecule has 0 aromatic carbocycles. The maximum Gasteiger partial charge on any atom is 0.239 e. The van der Waals surface area contributed by atoms with E-state index in [9.17, 15) is 4.79 Å². The molecule has 2 rings (SSSR count). The Morgan fingerprint density at radius 2 is 2.39 bits per heavy atom. The predicted molar refractivity (Wildman–Crippen MR) is 74.7 cm³/mol. The molecule has 1 amide bonds. The van der Waals surface area contributed by atoms with E-state index in [1.54, 1.807) is 0 Å². The SMILES string of the molecule is CC[C@H](N)C(=O)N(CC1CCCO1)C1CCSC1. The maximum atomic E-state index is 12.4. The summed E-state index contributed by atoms with van der Waals surface area (Å²) in [5, 5.41) is 0. The van der Waals surface area contributed by atoms with Crippen molar-refractivity contribution in [2.75, 3.05) is 24.7 Å². The zero-order chi connectivity index (χ0) is 13.0. The van der Waals surface area contributed by atoms with E-state index in [0.717, 1.165) is 43.9 Å². The number of ether oxygens (including phenoxy) is 1. The van der Waals surface area contributed by atoms with Crippen LogP contribution in [0.5, 0.6) is 0 Å². The number of hydrogen-bond acceptors (Lipinski definition) is 4. The summed E-state index contributed by atoms with van der Waals surface area (Å²) >= 11 is 1.93. The molecule has 2 aliphatic heterocycles. The fourth-order valence-electron chi connectivity index (χ4n) is 2.58. The summed E-state index contributed by atoms with van der Waals surface area (Å²) in [4.78, 5) is 14.4. The molecule has 2 fully saturated rings. The number of nitrogens with zero attached hydrogens (tertiary/aromatic N) is 1. The topological polar surface area (TPSA) is 55.6 Å². The van der Waals surface area contributed by atoms with Crippen LogP contribution in [0, 0.1) is 0 Å². The summed E-state index contributed by atoms with van der Waals surface area (Å²) < 4.78 is 5.67. The minimum atomic E-state index is -0.350. The molecular weight excluding hydrogens is 248 g/mol. The monoisotopic (exact) mass is 272 g/mol. The highest BCUT2D eigenvalue weighted by molar-refractivity contribution is 7.99. The maximum absolute atomic E-state index is 12.4. The van der Waals surface area contributed by atoms with Crippen molar-refractivity contribution in [3.8, 4) is 0 Å². The fourth-order valence-corrected chi connectivity index (χ4v) is 3.81. The van der Waals surface area contributed by atoms with Crippen molar-refractivity contribution in [3.63, 3.8) is 0 Å². The van der Waals surface area contributed by atoms with E-state index in [4.69, 9.17) is 10.5 Å². The molecule has 3 atom stereocenters. The van der Waals surface area contributed by atoms with Crippen LogP contribution in [-0.2, 0) is 9.53 Å². The number of rotatable bonds is 5. The smallest absolute Gasteiger partial charge is 0.239 e. The van der Waals surface area contributed by atoms with Crippen molar-refractivity contribution in [3.05, 3.63) is 0 Å². The van der Waals surface area contributed by atoms with Gasteiger partial charge in [-0.1, -0.05) is 6.92 Å². The van der Waals surface area contributed by atoms with Crippen LogP contribution in [0.15, 0.2) is 0 Å². The van der Waals surface area contributed by atoms with E-state index >= 15 is 0 Å². The van der Waals surface area contributed by atoms with Gasteiger partial charge in [0.25, 0.3) is 0 Å². The number of hydrogen-bond donors (Lipinski definition) is 1. The van der Waals surface area contributed by atoms with Crippen molar-refractivity contribution in [2.45, 2.75) is 50.8 Å². The highest BCUT2D eigenvalue weighted by Crippen LogP contribution is 2.25. The number of amides is 1. The van der Waals surface area contributed by atoms with Crippen LogP contribution in [0.4, 0.5) is 0 Å². The Hall–Kier alpha value is -0.260. The van der Waals surface area contributed by atoms with Crippen molar-refractivity contribution in [1.29, 1.82) is 0 Å². The molecule has 2 heterocycles. The van der Waals surface area contributed by atoms with Gasteiger partial charge in [0.1, 0.15) is 0 Å². The molecule has 0 aliphatic carbocycles. The van der Waals surface area contributed by atoms with Gasteiger partial charge in [0.05, 0.1) is 12.1 Å². The summed E-state index contributed by atoms with van der Waals surface area (Å²) in [6.07, 6.45) is 4.22. The van der Waals surface area contributed by atoms with E-state index in [-0.39, 0.29) is 18.1 Å². The lowest BCUT2D eigenvalue weighted by atomic mass is 10.1. The predicted octanol–water partition coefficient (Wildman–Crippen LogP) is 1.24. The van der Waals surface area contributed by atoms with E-state index in [2.05, 4.69) is 0 Å². The second-order valence-corrected chi connectivity index (χ2v) is 6.31. The van der Waals surface area contributed by atoms with Crippen molar-refractivity contribution >= 4 is 17.7 Å². The van der Waals surface area contributed by atoms with Gasteiger partial charge >= 0.3 is 0 Å². The summed E-state index contributed by atoms with van der Waals surface area (Å²) in [5.41, 5.74) is 5.92. The Balaban J connectivity index is 1.98. The highest BCUT2D eigenvalue weighted by Gasteiger charge is 2.32. The molecular formula is C13H24N2O2S. The Labute approximate surface area is 114 Å². The van der Waals surface area contributed by atoms with Crippen LogP contribution in [0.1, 0.15) is 32.6 Å². The average molecular weight is 272 g/mol. The van der Waals surface area contributed by atoms with Gasteiger partial charge < -0.3 is 15.4 Å². The standard InChI is InChI=1S/C13H24N2O2S/c1-2-12(14)13(16)15(10-5-7-18-9-10)8-11-4-3-6-17-11/h10-12H,2-9,14H2,1H3/t10?,11?,12-/m0/s1. The van der Waals surface area contributed by atoms with Crippen LogP contribution in [0.2, 0.25) is 0 Å². The second kappa shape index (κ2) is 6.78. The minimum absolute atomic E-state index is 0.112. The molecule has 0 radical (unpaired) electrons. The largest absolute Gasteiger partial charge is 0.376 e. The van der Waals surface area contributed by atoms with Crippen LogP contribution < -0.4 is 5.73 Å². The van der Waals surface area contributed by atoms with Gasteiger partial charge in [-0.3, -0.25) is 4.79 Å². The Bertz CT molecular complexity index is 276. The zero-order valence-corrected chi connectivity index (χ0v) is 12.0. The molecule has 0 aromatic heterocycles. The molecule has 2 N–H and O–H groups in total. The van der Waals surface area contributed by atoms with E-state index in [1.165, 1.54) is 0 Å². The van der Waals surface area contributed by atoms with Crippen LogP contribution in [0.3, 0.4) is 0 Å². The Kier molecular flexibility index (Phi) is 5.33. The normalized spacial score (nSPS) is 29.4. The molecule has 2 aliphatic rings. The summed E-state index contributed by atoms with van der Waals surface area (Å²) in [6, 6.07) is 0.0151. The van der Waals surface area contributed by atoms with Crippen LogP contribution in [-0.4, -0.2) is 53.7 Å². The number of thioether (sulfide) groups is 1. The minimum Gasteiger partial charge on any atom is -0.376 e. The van der Waals surface area contributed by atoms with Crippen molar-refractivity contribution in [2.24, 2.45) is 5.73 Å². The van der Waals surface area contributed by atoms with Gasteiger partial charge in [-0.15, -0.1) is 0 Å². The molecule has 5 heteroatoms. The van der Waals surface area contributed by atoms with Crippen molar-refractivity contribution < 1.29 is 9.53 Å². The first kappa shape index (κ1) is 14.2. The lowest BCUT2D eigenvalue weighted by Crippen LogP contribution is -2.51. The van der Waals surface area contributed by atoms with E-state index in [1.807, 2.05) is 23.6 Å². The molecule has 0 bridgehead atoms. The van der Waals surface area contributed by atoms with Gasteiger partial charge in [0.2, 0.25) is 5.91 Å². The van der Waals surface area contributed by atoms with Gasteiger partial charge in [-0.2, -0.15) is 11.8 Å². The van der Waals surface area contributed by atoms with Gasteiger partial charge in [-0.25, -0.2) is 0 Å². The molecule has 18 heavy (non-hydrogen) atoms. The number of nitrogens with two attached hydrogens (primary N) is 1. The third-order valence-corrected chi connectivity index (χ3v) is 4.96. The third kappa shape index (κ3) is 3.39. The van der Waals surface area contributed by atoms with E-state index in [0.29, 0.717) is 12.5 Å². The zero-order valence-electron chi connectivity index (χ0n) is 11.1. The quantitative estimate of drug-likeness (QED) is 0.818. The number of carbonyl (C=O) groups is 1. The first-order valence-corrected chi connectivity index (χ1v) is 8.13. The first-order chi connectivity index (χ1) is 8.72. The van der Waals surface area contributed by atoms with Crippen LogP contribution >= 0.6 is 11.8 Å². The lowest BCUT2D eigenvalue weighted by molar-refractivity contribution is -0.136. The molecule has 2 saturated heterocycles. The molecule has 4 nitrogen and oxygen atoms in total. The third-order valence-electron chi connectivity index (χ3n) is 3.81. The van der Waals surface area contributed by atoms with Gasteiger partial charge in [0, 0.05) is 24.9 Å². The summed E-state index contributed by atoms with van der Waals surface area (Å²) in [6.45, 7) is 3.54. The molecule has 2 unspecified atom stereocenters. The fraction of sp³-hybridized carbons (Fsp3) is 0.923.